The molecule has 0 aliphatic carbocycles. The Kier molecular flexibility index (Phi) is 5.99. The molecule has 3 aromatic heterocycles. The van der Waals surface area contributed by atoms with Gasteiger partial charge in [0.2, 0.25) is 0 Å². The molecule has 4 rings (SSSR count). The lowest BCUT2D eigenvalue weighted by atomic mass is 10.2. The Balaban J connectivity index is 1.52. The molecule has 154 valence electrons. The summed E-state index contributed by atoms with van der Waals surface area (Å²) in [6.07, 6.45) is 1.28. The number of hydrogen-bond acceptors (Lipinski definition) is 7. The van der Waals surface area contributed by atoms with Crippen molar-refractivity contribution in [2.24, 2.45) is 0 Å². The van der Waals surface area contributed by atoms with Crippen LogP contribution in [0.4, 0.5) is 5.13 Å². The number of nitrogens with one attached hydrogen (secondary N) is 1. The summed E-state index contributed by atoms with van der Waals surface area (Å²) in [5.41, 5.74) is 1.52. The van der Waals surface area contributed by atoms with E-state index in [2.05, 4.69) is 10.3 Å². The molecule has 30 heavy (non-hydrogen) atoms. The van der Waals surface area contributed by atoms with Crippen LogP contribution in [0.2, 0.25) is 8.67 Å². The first kappa shape index (κ1) is 21.1. The first-order chi connectivity index (χ1) is 14.3. The molecule has 0 aliphatic heterocycles. The van der Waals surface area contributed by atoms with E-state index in [1.807, 2.05) is 0 Å². The number of carbonyl (C=O) groups is 1. The molecule has 0 fully saturated rings. The molecule has 1 aromatic carbocycles. The number of rotatable bonds is 6. The Labute approximate surface area is 190 Å². The molecule has 0 atom stereocenters. The number of hydrogen-bond donors (Lipinski definition) is 1. The molecule has 3 heterocycles. The molecule has 0 spiro atoms. The second-order valence-corrected chi connectivity index (χ2v) is 11.2. The highest BCUT2D eigenvalue weighted by Gasteiger charge is 2.23. The van der Waals surface area contributed by atoms with Crippen molar-refractivity contribution in [3.8, 4) is 11.3 Å². The second-order valence-electron chi connectivity index (χ2n) is 6.08. The van der Waals surface area contributed by atoms with Gasteiger partial charge < -0.3 is 4.42 Å². The fraction of sp³-hybridized carbons (Fsp3) is 0.0526. The van der Waals surface area contributed by atoms with E-state index in [4.69, 9.17) is 27.6 Å². The third-order valence-electron chi connectivity index (χ3n) is 4.06. The number of anilines is 1. The van der Waals surface area contributed by atoms with Crippen LogP contribution in [0.15, 0.2) is 63.4 Å². The van der Waals surface area contributed by atoms with E-state index in [9.17, 15) is 13.2 Å². The molecular weight excluding hydrogens is 487 g/mol. The number of benzene rings is 1. The van der Waals surface area contributed by atoms with Gasteiger partial charge in [0.15, 0.2) is 20.7 Å². The minimum absolute atomic E-state index is 0.0807. The van der Waals surface area contributed by atoms with Crippen molar-refractivity contribution in [2.45, 2.75) is 10.6 Å². The topological polar surface area (TPSA) is 89.3 Å². The molecule has 0 unspecified atom stereocenters. The van der Waals surface area contributed by atoms with Crippen LogP contribution in [-0.4, -0.2) is 19.3 Å². The average Bonchev–Trinajstić information content (AvgIpc) is 3.42. The third-order valence-corrected chi connectivity index (χ3v) is 7.98. The Bertz CT molecular complexity index is 1310. The van der Waals surface area contributed by atoms with E-state index < -0.39 is 15.7 Å². The lowest BCUT2D eigenvalue weighted by Crippen LogP contribution is -2.14. The normalized spacial score (nSPS) is 11.5. The second kappa shape index (κ2) is 8.52. The van der Waals surface area contributed by atoms with Gasteiger partial charge >= 0.3 is 0 Å². The van der Waals surface area contributed by atoms with Crippen LogP contribution < -0.4 is 5.32 Å². The van der Waals surface area contributed by atoms with Gasteiger partial charge in [-0.2, -0.15) is 0 Å². The molecule has 1 amide bonds. The van der Waals surface area contributed by atoms with E-state index in [0.717, 1.165) is 0 Å². The maximum absolute atomic E-state index is 12.7. The van der Waals surface area contributed by atoms with Crippen molar-refractivity contribution in [2.75, 3.05) is 5.32 Å². The Morgan fingerprint density at radius 2 is 1.93 bits per heavy atom. The van der Waals surface area contributed by atoms with E-state index in [1.54, 1.807) is 29.6 Å². The summed E-state index contributed by atoms with van der Waals surface area (Å²) in [7, 11) is -3.63. The number of thiophene rings is 1. The SMILES string of the molecule is O=C(Nc1nc(-c2cc(Cl)sc2Cl)cs1)c1occc1CS(=O)(=O)c1ccccc1. The highest BCUT2D eigenvalue weighted by atomic mass is 35.5. The highest BCUT2D eigenvalue weighted by Crippen LogP contribution is 2.39. The van der Waals surface area contributed by atoms with Crippen LogP contribution in [0.1, 0.15) is 16.1 Å². The Morgan fingerprint density at radius 1 is 1.17 bits per heavy atom. The van der Waals surface area contributed by atoms with Gasteiger partial charge in [-0.15, -0.1) is 22.7 Å². The maximum Gasteiger partial charge on any atom is 0.293 e. The standard InChI is InChI=1S/C19H12Cl2N2O4S3/c20-15-8-13(17(21)29-15)14-9-28-19(22-14)23-18(24)16-11(6-7-27-16)10-30(25,26)12-4-2-1-3-5-12/h1-9H,10H2,(H,22,23,24). The van der Waals surface area contributed by atoms with Crippen LogP contribution >= 0.6 is 45.9 Å². The van der Waals surface area contributed by atoms with Crippen molar-refractivity contribution < 1.29 is 17.6 Å². The number of aromatic nitrogens is 1. The van der Waals surface area contributed by atoms with E-state index in [-0.39, 0.29) is 22.0 Å². The zero-order chi connectivity index (χ0) is 21.3. The highest BCUT2D eigenvalue weighted by molar-refractivity contribution is 7.90. The zero-order valence-corrected chi connectivity index (χ0v) is 18.9. The number of halogens is 2. The minimum Gasteiger partial charge on any atom is -0.459 e. The van der Waals surface area contributed by atoms with Crippen molar-refractivity contribution in [3.63, 3.8) is 0 Å². The summed E-state index contributed by atoms with van der Waals surface area (Å²) in [6, 6.07) is 11.2. The van der Waals surface area contributed by atoms with Crippen LogP contribution in [0.25, 0.3) is 11.3 Å². The van der Waals surface area contributed by atoms with E-state index >= 15 is 0 Å². The van der Waals surface area contributed by atoms with E-state index in [1.165, 1.54) is 47.1 Å². The van der Waals surface area contributed by atoms with Crippen LogP contribution in [-0.2, 0) is 15.6 Å². The summed E-state index contributed by atoms with van der Waals surface area (Å²) in [6.45, 7) is 0. The average molecular weight is 499 g/mol. The number of nitrogens with zero attached hydrogens (tertiary/aromatic N) is 1. The Morgan fingerprint density at radius 3 is 2.63 bits per heavy atom. The number of thiazole rings is 1. The lowest BCUT2D eigenvalue weighted by molar-refractivity contribution is 0.0996. The van der Waals surface area contributed by atoms with Crippen LogP contribution in [0.5, 0.6) is 0 Å². The molecule has 6 nitrogen and oxygen atoms in total. The van der Waals surface area contributed by atoms with Gasteiger partial charge in [0.1, 0.15) is 4.34 Å². The fourth-order valence-electron chi connectivity index (χ4n) is 2.69. The number of carbonyl (C=O) groups excluding carboxylic acids is 1. The van der Waals surface area contributed by atoms with Gasteiger partial charge in [-0.25, -0.2) is 13.4 Å². The third kappa shape index (κ3) is 4.45. The molecule has 11 heteroatoms. The zero-order valence-electron chi connectivity index (χ0n) is 15.0. The predicted octanol–water partition coefficient (Wildman–Crippen LogP) is 6.00. The monoisotopic (exact) mass is 498 g/mol. The van der Waals surface area contributed by atoms with E-state index in [0.29, 0.717) is 25.1 Å². The molecule has 0 aliphatic rings. The summed E-state index contributed by atoms with van der Waals surface area (Å²) in [5.74, 6) is -1.03. The quantitative estimate of drug-likeness (QED) is 0.352. The Hall–Kier alpha value is -2.17. The maximum atomic E-state index is 12.7. The van der Waals surface area contributed by atoms with Gasteiger partial charge in [-0.3, -0.25) is 10.1 Å². The molecule has 4 aromatic rings. The minimum atomic E-state index is -3.63. The fourth-order valence-corrected chi connectivity index (χ4v) is 6.25. The van der Waals surface area contributed by atoms with Gasteiger partial charge in [-0.1, -0.05) is 41.4 Å². The van der Waals surface area contributed by atoms with Gasteiger partial charge in [0.05, 0.1) is 26.9 Å². The van der Waals surface area contributed by atoms with Gasteiger partial charge in [0.25, 0.3) is 5.91 Å². The van der Waals surface area contributed by atoms with Crippen LogP contribution in [0.3, 0.4) is 0 Å². The molecular formula is C19H12Cl2N2O4S3. The summed E-state index contributed by atoms with van der Waals surface area (Å²) in [4.78, 5) is 17.2. The first-order valence-corrected chi connectivity index (χ1v) is 12.5. The summed E-state index contributed by atoms with van der Waals surface area (Å²) in [5, 5.41) is 4.69. The van der Waals surface area contributed by atoms with Crippen LogP contribution in [0, 0.1) is 0 Å². The molecule has 0 saturated carbocycles. The van der Waals surface area contributed by atoms with Gasteiger partial charge in [-0.05, 0) is 24.3 Å². The van der Waals surface area contributed by atoms with Crippen molar-refractivity contribution in [3.05, 3.63) is 74.1 Å². The van der Waals surface area contributed by atoms with Crippen molar-refractivity contribution in [1.82, 2.24) is 4.98 Å². The number of furan rings is 1. The smallest absolute Gasteiger partial charge is 0.293 e. The lowest BCUT2D eigenvalue weighted by Gasteiger charge is -2.05. The molecule has 0 saturated heterocycles. The van der Waals surface area contributed by atoms with Crippen molar-refractivity contribution >= 4 is 66.8 Å². The largest absolute Gasteiger partial charge is 0.459 e. The summed E-state index contributed by atoms with van der Waals surface area (Å²) < 4.78 is 31.5. The first-order valence-electron chi connectivity index (χ1n) is 8.40. The van der Waals surface area contributed by atoms with Crippen molar-refractivity contribution in [1.29, 1.82) is 0 Å². The van der Waals surface area contributed by atoms with Gasteiger partial charge in [0, 0.05) is 16.5 Å². The predicted molar refractivity (Wildman–Crippen MR) is 119 cm³/mol. The molecule has 0 radical (unpaired) electrons. The summed E-state index contributed by atoms with van der Waals surface area (Å²) >= 11 is 14.5. The molecule has 0 bridgehead atoms. The molecule has 1 N–H and O–H groups in total. The number of sulfone groups is 1. The number of amides is 1.